The summed E-state index contributed by atoms with van der Waals surface area (Å²) < 4.78 is 23.3. The molecule has 1 aromatic carbocycles. The lowest BCUT2D eigenvalue weighted by Gasteiger charge is -2.25. The summed E-state index contributed by atoms with van der Waals surface area (Å²) >= 11 is 0. The number of morpholine rings is 1. The van der Waals surface area contributed by atoms with E-state index in [-0.39, 0.29) is 17.8 Å². The molecule has 12 heteroatoms. The van der Waals surface area contributed by atoms with Crippen molar-refractivity contribution in [2.45, 2.75) is 24.9 Å². The molecule has 1 atom stereocenters. The average Bonchev–Trinajstić information content (AvgIpc) is 3.61. The Bertz CT molecular complexity index is 1770. The fourth-order valence-corrected chi connectivity index (χ4v) is 6.06. The van der Waals surface area contributed by atoms with Crippen LogP contribution in [0.5, 0.6) is 0 Å². The minimum Gasteiger partial charge on any atom is -0.371 e. The van der Waals surface area contributed by atoms with Gasteiger partial charge in [-0.2, -0.15) is 10.2 Å². The van der Waals surface area contributed by atoms with Crippen LogP contribution in [0.3, 0.4) is 0 Å². The van der Waals surface area contributed by atoms with Gasteiger partial charge in [0.1, 0.15) is 11.5 Å². The number of amides is 1. The second-order valence-corrected chi connectivity index (χ2v) is 10.9. The number of nitrogens with zero attached hydrogens (tertiary/aromatic N) is 6. The molecule has 2 fully saturated rings. The summed E-state index contributed by atoms with van der Waals surface area (Å²) in [5.41, 5.74) is 6.12. The SMILES string of the molecule is Cn1nc(-c2ccc(F)cc2)c(-c2ccc3nc(NC(=O)c4ccncc4C4CNCCO4)cn3n2)c1C1CCNCC1. The Kier molecular flexibility index (Phi) is 7.39. The van der Waals surface area contributed by atoms with Crippen molar-refractivity contribution in [3.63, 3.8) is 0 Å². The predicted octanol–water partition coefficient (Wildman–Crippen LogP) is 3.71. The summed E-state index contributed by atoms with van der Waals surface area (Å²) in [6.07, 6.45) is 6.69. The number of rotatable bonds is 6. The van der Waals surface area contributed by atoms with E-state index in [4.69, 9.17) is 14.9 Å². The van der Waals surface area contributed by atoms with E-state index in [1.54, 1.807) is 41.3 Å². The molecular weight excluding hydrogens is 549 g/mol. The van der Waals surface area contributed by atoms with Crippen LogP contribution in [0.1, 0.15) is 46.5 Å². The normalized spacial score (nSPS) is 17.8. The minimum absolute atomic E-state index is 0.252. The second kappa shape index (κ2) is 11.6. The first-order valence-corrected chi connectivity index (χ1v) is 14.5. The van der Waals surface area contributed by atoms with Gasteiger partial charge in [-0.3, -0.25) is 14.5 Å². The van der Waals surface area contributed by atoms with Crippen LogP contribution in [0.25, 0.3) is 28.2 Å². The largest absolute Gasteiger partial charge is 0.371 e. The number of anilines is 1. The molecule has 0 radical (unpaired) electrons. The molecule has 2 aliphatic heterocycles. The molecule has 2 aliphatic rings. The highest BCUT2D eigenvalue weighted by atomic mass is 19.1. The fourth-order valence-electron chi connectivity index (χ4n) is 6.06. The fraction of sp³-hybridized carbons (Fsp3) is 0.323. The lowest BCUT2D eigenvalue weighted by atomic mass is 9.89. The van der Waals surface area contributed by atoms with Gasteiger partial charge >= 0.3 is 0 Å². The Morgan fingerprint density at radius 1 is 1.05 bits per heavy atom. The van der Waals surface area contributed by atoms with E-state index in [1.807, 2.05) is 23.9 Å². The molecule has 1 amide bonds. The molecule has 5 aromatic rings. The molecule has 0 spiro atoms. The van der Waals surface area contributed by atoms with Gasteiger partial charge in [0.25, 0.3) is 5.91 Å². The van der Waals surface area contributed by atoms with Gasteiger partial charge in [0.05, 0.1) is 35.9 Å². The first-order valence-electron chi connectivity index (χ1n) is 14.5. The van der Waals surface area contributed by atoms with Gasteiger partial charge in [-0.25, -0.2) is 13.9 Å². The zero-order chi connectivity index (χ0) is 29.3. The monoisotopic (exact) mass is 581 g/mol. The molecule has 11 nitrogen and oxygen atoms in total. The first kappa shape index (κ1) is 27.3. The molecule has 1 unspecified atom stereocenters. The number of ether oxygens (including phenoxy) is 1. The number of hydrogen-bond donors (Lipinski definition) is 3. The number of fused-ring (bicyclic) bond motifs is 1. The van der Waals surface area contributed by atoms with Gasteiger partial charge in [-0.15, -0.1) is 0 Å². The maximum absolute atomic E-state index is 13.8. The molecule has 2 saturated heterocycles. The first-order chi connectivity index (χ1) is 21.0. The lowest BCUT2D eigenvalue weighted by Crippen LogP contribution is -2.34. The Labute approximate surface area is 247 Å². The van der Waals surface area contributed by atoms with Crippen LogP contribution in [0.2, 0.25) is 0 Å². The topological polar surface area (TPSA) is 123 Å². The van der Waals surface area contributed by atoms with Crippen LogP contribution < -0.4 is 16.0 Å². The standard InChI is InChI=1S/C31H32FN9O2/c1-40-30(20-8-11-33-12-9-20)28(29(39-40)19-2-4-21(32)5-3-19)24-6-7-27-36-26(18-41(27)38-24)37-31(42)22-10-13-34-16-23(22)25-17-35-14-15-43-25/h2-7,10,13,16,18,20,25,33,35H,8-9,11-12,14-15,17H2,1H3,(H,37,42). The molecule has 4 aromatic heterocycles. The zero-order valence-corrected chi connectivity index (χ0v) is 23.8. The lowest BCUT2D eigenvalue weighted by molar-refractivity contribution is 0.0269. The van der Waals surface area contributed by atoms with E-state index in [9.17, 15) is 9.18 Å². The van der Waals surface area contributed by atoms with Crippen molar-refractivity contribution in [1.29, 1.82) is 0 Å². The average molecular weight is 582 g/mol. The van der Waals surface area contributed by atoms with E-state index >= 15 is 0 Å². The zero-order valence-electron chi connectivity index (χ0n) is 23.8. The molecule has 0 bridgehead atoms. The molecular formula is C31H32FN9O2. The molecule has 6 heterocycles. The quantitative estimate of drug-likeness (QED) is 0.277. The minimum atomic E-state index is -0.297. The molecule has 7 rings (SSSR count). The third-order valence-corrected chi connectivity index (χ3v) is 8.12. The number of benzene rings is 1. The van der Waals surface area contributed by atoms with Crippen molar-refractivity contribution < 1.29 is 13.9 Å². The van der Waals surface area contributed by atoms with Crippen LogP contribution in [0, 0.1) is 5.82 Å². The smallest absolute Gasteiger partial charge is 0.257 e. The van der Waals surface area contributed by atoms with Gasteiger partial charge in [0.2, 0.25) is 0 Å². The highest BCUT2D eigenvalue weighted by molar-refractivity contribution is 6.05. The number of nitrogens with one attached hydrogen (secondary N) is 3. The number of piperidine rings is 1. The third kappa shape index (κ3) is 5.40. The Morgan fingerprint density at radius 3 is 2.67 bits per heavy atom. The van der Waals surface area contributed by atoms with Gasteiger partial charge in [0, 0.05) is 55.1 Å². The third-order valence-electron chi connectivity index (χ3n) is 8.12. The van der Waals surface area contributed by atoms with Crippen LogP contribution >= 0.6 is 0 Å². The van der Waals surface area contributed by atoms with Gasteiger partial charge in [0.15, 0.2) is 11.5 Å². The number of pyridine rings is 1. The number of imidazole rings is 1. The highest BCUT2D eigenvalue weighted by Gasteiger charge is 2.28. The van der Waals surface area contributed by atoms with Gasteiger partial charge < -0.3 is 20.7 Å². The predicted molar refractivity (Wildman–Crippen MR) is 159 cm³/mol. The Hall–Kier alpha value is -4.52. The number of carbonyl (C=O) groups is 1. The van der Waals surface area contributed by atoms with Crippen LogP contribution in [0.4, 0.5) is 10.2 Å². The molecule has 0 saturated carbocycles. The Balaban J connectivity index is 1.24. The van der Waals surface area contributed by atoms with Gasteiger partial charge in [-0.05, 0) is 68.4 Å². The maximum atomic E-state index is 13.8. The molecule has 3 N–H and O–H groups in total. The second-order valence-electron chi connectivity index (χ2n) is 10.9. The van der Waals surface area contributed by atoms with Crippen molar-refractivity contribution >= 4 is 17.4 Å². The van der Waals surface area contributed by atoms with Crippen LogP contribution in [0.15, 0.2) is 61.1 Å². The van der Waals surface area contributed by atoms with Crippen molar-refractivity contribution in [2.24, 2.45) is 7.05 Å². The van der Waals surface area contributed by atoms with E-state index in [0.717, 1.165) is 66.2 Å². The maximum Gasteiger partial charge on any atom is 0.257 e. The molecule has 0 aliphatic carbocycles. The van der Waals surface area contributed by atoms with Crippen molar-refractivity contribution in [1.82, 2.24) is 40.0 Å². The van der Waals surface area contributed by atoms with Crippen molar-refractivity contribution in [3.05, 3.63) is 83.7 Å². The summed E-state index contributed by atoms with van der Waals surface area (Å²) in [6.45, 7) is 3.82. The van der Waals surface area contributed by atoms with E-state index < -0.39 is 0 Å². The van der Waals surface area contributed by atoms with Crippen molar-refractivity contribution in [2.75, 3.05) is 38.1 Å². The molecule has 43 heavy (non-hydrogen) atoms. The summed E-state index contributed by atoms with van der Waals surface area (Å²) in [6, 6.07) is 11.9. The number of carbonyl (C=O) groups excluding carboxylic acids is 1. The highest BCUT2D eigenvalue weighted by Crippen LogP contribution is 2.39. The number of aromatic nitrogens is 6. The Morgan fingerprint density at radius 2 is 1.88 bits per heavy atom. The van der Waals surface area contributed by atoms with E-state index in [1.165, 1.54) is 12.1 Å². The summed E-state index contributed by atoms with van der Waals surface area (Å²) in [7, 11) is 1.96. The van der Waals surface area contributed by atoms with Crippen LogP contribution in [-0.2, 0) is 11.8 Å². The molecule has 220 valence electrons. The van der Waals surface area contributed by atoms with Crippen molar-refractivity contribution in [3.8, 4) is 22.5 Å². The van der Waals surface area contributed by atoms with E-state index in [2.05, 4.69) is 25.9 Å². The number of hydrogen-bond acceptors (Lipinski definition) is 8. The van der Waals surface area contributed by atoms with Crippen LogP contribution in [-0.4, -0.2) is 68.1 Å². The summed E-state index contributed by atoms with van der Waals surface area (Å²) in [4.78, 5) is 22.2. The van der Waals surface area contributed by atoms with E-state index in [0.29, 0.717) is 36.1 Å². The number of aryl methyl sites for hydroxylation is 1. The number of halogens is 1. The summed E-state index contributed by atoms with van der Waals surface area (Å²) in [5, 5.41) is 19.5. The summed E-state index contributed by atoms with van der Waals surface area (Å²) in [5.74, 6) is 0.0861. The van der Waals surface area contributed by atoms with Gasteiger partial charge in [-0.1, -0.05) is 0 Å².